The van der Waals surface area contributed by atoms with E-state index in [9.17, 15) is 14.7 Å². The largest absolute Gasteiger partial charge is 0.396 e. The van der Waals surface area contributed by atoms with E-state index in [-0.39, 0.29) is 23.9 Å². The fourth-order valence-corrected chi connectivity index (χ4v) is 3.24. The second kappa shape index (κ2) is 3.57. The number of aliphatic hydroxyl groups excluding tert-OH is 1. The van der Waals surface area contributed by atoms with Gasteiger partial charge in [0.05, 0.1) is 0 Å². The number of hydrogen-bond donors (Lipinski definition) is 2. The van der Waals surface area contributed by atoms with Crippen LogP contribution in [0.15, 0.2) is 15.8 Å². The van der Waals surface area contributed by atoms with E-state index in [1.807, 2.05) is 0 Å². The van der Waals surface area contributed by atoms with Gasteiger partial charge >= 0.3 is 5.69 Å². The van der Waals surface area contributed by atoms with E-state index in [0.717, 1.165) is 12.8 Å². The van der Waals surface area contributed by atoms with Gasteiger partial charge in [0, 0.05) is 24.4 Å². The highest BCUT2D eigenvalue weighted by Crippen LogP contribution is 2.60. The van der Waals surface area contributed by atoms with Crippen LogP contribution in [0.3, 0.4) is 0 Å². The Bertz CT molecular complexity index is 560. The van der Waals surface area contributed by atoms with Crippen molar-refractivity contribution in [3.63, 3.8) is 0 Å². The number of rotatable bonds is 2. The first-order valence-electron chi connectivity index (χ1n) is 6.04. The zero-order valence-corrected chi connectivity index (χ0v) is 9.72. The van der Waals surface area contributed by atoms with E-state index in [1.165, 1.54) is 0 Å². The molecular weight excluding hydrogens is 220 g/mol. The van der Waals surface area contributed by atoms with Crippen LogP contribution in [0.25, 0.3) is 0 Å². The monoisotopic (exact) mass is 236 g/mol. The Morgan fingerprint density at radius 2 is 2.18 bits per heavy atom. The lowest BCUT2D eigenvalue weighted by Gasteiger charge is -2.17. The topological polar surface area (TPSA) is 75.1 Å². The average Bonchev–Trinajstić information content (AvgIpc) is 3.00. The summed E-state index contributed by atoms with van der Waals surface area (Å²) >= 11 is 0. The lowest BCUT2D eigenvalue weighted by atomic mass is 10.0. The summed E-state index contributed by atoms with van der Waals surface area (Å²) in [6.07, 6.45) is 3.60. The van der Waals surface area contributed by atoms with E-state index in [4.69, 9.17) is 0 Å². The van der Waals surface area contributed by atoms with E-state index in [1.54, 1.807) is 17.7 Å². The van der Waals surface area contributed by atoms with Crippen molar-refractivity contribution in [1.29, 1.82) is 0 Å². The molecule has 5 heteroatoms. The molecular formula is C12H16N2O3. The number of nitrogens with one attached hydrogen (secondary N) is 1. The molecule has 2 N–H and O–H groups in total. The summed E-state index contributed by atoms with van der Waals surface area (Å²) in [6.45, 7) is 1.91. The molecule has 3 rings (SSSR count). The Morgan fingerprint density at radius 1 is 1.41 bits per heavy atom. The predicted octanol–water partition coefficient (Wildman–Crippen LogP) is 0.0344. The van der Waals surface area contributed by atoms with Crippen molar-refractivity contribution in [1.82, 2.24) is 9.55 Å². The molecule has 4 atom stereocenters. The molecule has 0 unspecified atom stereocenters. The first-order chi connectivity index (χ1) is 8.11. The molecule has 17 heavy (non-hydrogen) atoms. The van der Waals surface area contributed by atoms with Gasteiger partial charge < -0.3 is 5.11 Å². The first kappa shape index (κ1) is 10.8. The molecule has 2 fully saturated rings. The summed E-state index contributed by atoms with van der Waals surface area (Å²) in [5.41, 5.74) is -0.0700. The molecule has 0 saturated heterocycles. The van der Waals surface area contributed by atoms with Gasteiger partial charge in [-0.3, -0.25) is 14.3 Å². The van der Waals surface area contributed by atoms with Crippen LogP contribution in [0.5, 0.6) is 0 Å². The van der Waals surface area contributed by atoms with Gasteiger partial charge in [-0.05, 0) is 37.5 Å². The first-order valence-corrected chi connectivity index (χ1v) is 6.04. The molecule has 0 bridgehead atoms. The molecule has 1 heterocycles. The number of H-pyrrole nitrogens is 1. The molecule has 0 spiro atoms. The van der Waals surface area contributed by atoms with E-state index in [2.05, 4.69) is 4.98 Å². The minimum absolute atomic E-state index is 0.153. The van der Waals surface area contributed by atoms with Gasteiger partial charge in [-0.15, -0.1) is 0 Å². The van der Waals surface area contributed by atoms with Crippen molar-refractivity contribution in [3.05, 3.63) is 32.6 Å². The quantitative estimate of drug-likeness (QED) is 0.761. The van der Waals surface area contributed by atoms with Crippen molar-refractivity contribution in [2.24, 2.45) is 17.8 Å². The van der Waals surface area contributed by atoms with Crippen LogP contribution in [0, 0.1) is 24.7 Å². The Morgan fingerprint density at radius 3 is 2.82 bits per heavy atom. The fraction of sp³-hybridized carbons (Fsp3) is 0.667. The second-order valence-corrected chi connectivity index (χ2v) is 5.29. The van der Waals surface area contributed by atoms with Crippen molar-refractivity contribution < 1.29 is 5.11 Å². The molecule has 0 aliphatic heterocycles. The highest BCUT2D eigenvalue weighted by molar-refractivity contribution is 5.09. The number of hydrogen-bond acceptors (Lipinski definition) is 3. The second-order valence-electron chi connectivity index (χ2n) is 5.29. The van der Waals surface area contributed by atoms with Crippen molar-refractivity contribution in [2.45, 2.75) is 25.8 Å². The van der Waals surface area contributed by atoms with Gasteiger partial charge in [0.25, 0.3) is 5.56 Å². The molecule has 0 amide bonds. The highest BCUT2D eigenvalue weighted by Gasteiger charge is 2.54. The summed E-state index contributed by atoms with van der Waals surface area (Å²) in [7, 11) is 0. The third kappa shape index (κ3) is 1.57. The third-order valence-electron chi connectivity index (χ3n) is 4.27. The number of aryl methyl sites for hydroxylation is 1. The third-order valence-corrected chi connectivity index (χ3v) is 4.27. The van der Waals surface area contributed by atoms with Crippen LogP contribution in [0.2, 0.25) is 0 Å². The zero-order chi connectivity index (χ0) is 12.2. The van der Waals surface area contributed by atoms with E-state index >= 15 is 0 Å². The van der Waals surface area contributed by atoms with Crippen LogP contribution < -0.4 is 11.2 Å². The summed E-state index contributed by atoms with van der Waals surface area (Å²) in [6, 6.07) is 0.153. The van der Waals surface area contributed by atoms with Crippen molar-refractivity contribution in [2.75, 3.05) is 6.61 Å². The summed E-state index contributed by atoms with van der Waals surface area (Å²) in [5.74, 6) is 1.41. The summed E-state index contributed by atoms with van der Waals surface area (Å²) in [4.78, 5) is 25.4. The SMILES string of the molecule is Cc1cn([C@@H]2C[C@@H](CO)[C@H]3C[C@H]32)c(=O)[nH]c1=O. The Hall–Kier alpha value is -1.36. The molecule has 1 aromatic heterocycles. The number of aliphatic hydroxyl groups is 1. The van der Waals surface area contributed by atoms with Gasteiger partial charge in [0.2, 0.25) is 0 Å². The Labute approximate surface area is 98.1 Å². The van der Waals surface area contributed by atoms with Crippen molar-refractivity contribution >= 4 is 0 Å². The lowest BCUT2D eigenvalue weighted by molar-refractivity contribution is 0.208. The molecule has 0 aromatic carbocycles. The van der Waals surface area contributed by atoms with Gasteiger partial charge in [-0.2, -0.15) is 0 Å². The van der Waals surface area contributed by atoms with Crippen LogP contribution in [-0.2, 0) is 0 Å². The Kier molecular flexibility index (Phi) is 2.26. The van der Waals surface area contributed by atoms with E-state index < -0.39 is 0 Å². The predicted molar refractivity (Wildman–Crippen MR) is 61.9 cm³/mol. The van der Waals surface area contributed by atoms with E-state index in [0.29, 0.717) is 23.3 Å². The van der Waals surface area contributed by atoms with Gasteiger partial charge in [-0.25, -0.2) is 4.79 Å². The van der Waals surface area contributed by atoms with Gasteiger partial charge in [0.15, 0.2) is 0 Å². The maximum absolute atomic E-state index is 11.8. The fourth-order valence-electron chi connectivity index (χ4n) is 3.24. The minimum Gasteiger partial charge on any atom is -0.396 e. The number of nitrogens with zero attached hydrogens (tertiary/aromatic N) is 1. The number of aromatic amines is 1. The zero-order valence-electron chi connectivity index (χ0n) is 9.72. The van der Waals surface area contributed by atoms with Crippen LogP contribution in [0.1, 0.15) is 24.4 Å². The van der Waals surface area contributed by atoms with Crippen LogP contribution in [0.4, 0.5) is 0 Å². The highest BCUT2D eigenvalue weighted by atomic mass is 16.3. The molecule has 2 aliphatic rings. The standard InChI is InChI=1S/C12H16N2O3/c1-6-4-14(12(17)13-11(6)16)10-2-7(5-15)8-3-9(8)10/h4,7-10,15H,2-3,5H2,1H3,(H,13,16,17)/t7-,8+,9+,10+/m0/s1. The van der Waals surface area contributed by atoms with Gasteiger partial charge in [0.1, 0.15) is 0 Å². The molecule has 5 nitrogen and oxygen atoms in total. The number of fused-ring (bicyclic) bond motifs is 1. The van der Waals surface area contributed by atoms with Crippen LogP contribution >= 0.6 is 0 Å². The molecule has 2 saturated carbocycles. The normalized spacial score (nSPS) is 34.7. The smallest absolute Gasteiger partial charge is 0.328 e. The Balaban J connectivity index is 1.98. The minimum atomic E-state index is -0.324. The maximum Gasteiger partial charge on any atom is 0.328 e. The maximum atomic E-state index is 11.8. The molecule has 2 aliphatic carbocycles. The van der Waals surface area contributed by atoms with Crippen LogP contribution in [-0.4, -0.2) is 21.3 Å². The summed E-state index contributed by atoms with van der Waals surface area (Å²) < 4.78 is 1.65. The molecule has 0 radical (unpaired) electrons. The average molecular weight is 236 g/mol. The number of aromatic nitrogens is 2. The van der Waals surface area contributed by atoms with Crippen molar-refractivity contribution in [3.8, 4) is 0 Å². The molecule has 1 aromatic rings. The summed E-state index contributed by atoms with van der Waals surface area (Å²) in [5, 5.41) is 9.25. The van der Waals surface area contributed by atoms with Gasteiger partial charge in [-0.1, -0.05) is 0 Å². The molecule has 92 valence electrons. The lowest BCUT2D eigenvalue weighted by Crippen LogP contribution is -2.33.